The maximum atomic E-state index is 12.4. The minimum absolute atomic E-state index is 0.0341. The van der Waals surface area contributed by atoms with E-state index in [4.69, 9.17) is 4.74 Å². The summed E-state index contributed by atoms with van der Waals surface area (Å²) in [6.07, 6.45) is 3.30. The summed E-state index contributed by atoms with van der Waals surface area (Å²) in [7, 11) is 1.62. The molecule has 132 valence electrons. The fraction of sp³-hybridized carbons (Fsp3) is 0.400. The molecule has 1 aromatic carbocycles. The summed E-state index contributed by atoms with van der Waals surface area (Å²) in [5.74, 6) is 1.34. The van der Waals surface area contributed by atoms with Crippen molar-refractivity contribution in [1.82, 2.24) is 0 Å². The standard InChI is InChI=1S/C20H23NO3S/c1-12-4-9-16-17(10-12)25-20(19(16)13(2)22)21-18(23)11-14-5-7-15(24-3)8-6-14/h5-8,12H,4,9-11H2,1-3H3,(H,21,23). The molecule has 1 heterocycles. The summed E-state index contributed by atoms with van der Waals surface area (Å²) in [6, 6.07) is 7.44. The van der Waals surface area contributed by atoms with Gasteiger partial charge in [0.05, 0.1) is 19.1 Å². The Morgan fingerprint density at radius 3 is 2.64 bits per heavy atom. The van der Waals surface area contributed by atoms with E-state index >= 15 is 0 Å². The number of amides is 1. The summed E-state index contributed by atoms with van der Waals surface area (Å²) in [4.78, 5) is 25.8. The first kappa shape index (κ1) is 17.7. The van der Waals surface area contributed by atoms with Gasteiger partial charge in [-0.15, -0.1) is 11.3 Å². The molecular weight excluding hydrogens is 334 g/mol. The maximum Gasteiger partial charge on any atom is 0.229 e. The summed E-state index contributed by atoms with van der Waals surface area (Å²) in [5, 5.41) is 3.68. The second kappa shape index (κ2) is 7.40. The number of thiophene rings is 1. The van der Waals surface area contributed by atoms with Crippen LogP contribution in [0.15, 0.2) is 24.3 Å². The molecule has 2 aromatic rings. The Hall–Kier alpha value is -2.14. The van der Waals surface area contributed by atoms with Crippen LogP contribution < -0.4 is 10.1 Å². The van der Waals surface area contributed by atoms with Gasteiger partial charge in [-0.25, -0.2) is 0 Å². The molecule has 3 rings (SSSR count). The van der Waals surface area contributed by atoms with E-state index in [1.54, 1.807) is 25.4 Å². The number of anilines is 1. The third-order valence-corrected chi connectivity index (χ3v) is 5.81. The molecule has 1 atom stereocenters. The van der Waals surface area contributed by atoms with Crippen molar-refractivity contribution in [3.05, 3.63) is 45.8 Å². The molecule has 1 unspecified atom stereocenters. The van der Waals surface area contributed by atoms with Gasteiger partial charge in [-0.3, -0.25) is 9.59 Å². The van der Waals surface area contributed by atoms with Crippen molar-refractivity contribution in [2.24, 2.45) is 5.92 Å². The first-order valence-corrected chi connectivity index (χ1v) is 9.37. The zero-order valence-electron chi connectivity index (χ0n) is 14.8. The zero-order valence-corrected chi connectivity index (χ0v) is 15.7. The fourth-order valence-electron chi connectivity index (χ4n) is 3.31. The number of Topliss-reactive ketones (excluding diaryl/α,β-unsaturated/α-hetero) is 1. The number of hydrogen-bond acceptors (Lipinski definition) is 4. The molecule has 0 bridgehead atoms. The molecule has 0 radical (unpaired) electrons. The van der Waals surface area contributed by atoms with Gasteiger partial charge in [0, 0.05) is 4.88 Å². The molecule has 0 saturated heterocycles. The second-order valence-corrected chi connectivity index (χ2v) is 7.79. The van der Waals surface area contributed by atoms with E-state index in [1.807, 2.05) is 24.3 Å². The van der Waals surface area contributed by atoms with Crippen molar-refractivity contribution in [3.63, 3.8) is 0 Å². The highest BCUT2D eigenvalue weighted by Gasteiger charge is 2.26. The van der Waals surface area contributed by atoms with Crippen LogP contribution in [0.1, 0.15) is 46.6 Å². The summed E-state index contributed by atoms with van der Waals surface area (Å²) in [6.45, 7) is 3.82. The van der Waals surface area contributed by atoms with E-state index in [0.29, 0.717) is 10.9 Å². The topological polar surface area (TPSA) is 55.4 Å². The van der Waals surface area contributed by atoms with Gasteiger partial charge in [0.25, 0.3) is 0 Å². The van der Waals surface area contributed by atoms with Gasteiger partial charge in [0.15, 0.2) is 5.78 Å². The SMILES string of the molecule is COc1ccc(CC(=O)Nc2sc3c(c2C(C)=O)CCC(C)C3)cc1. The monoisotopic (exact) mass is 357 g/mol. The molecule has 1 aromatic heterocycles. The van der Waals surface area contributed by atoms with Crippen LogP contribution in [0.25, 0.3) is 0 Å². The van der Waals surface area contributed by atoms with Crippen LogP contribution in [0.4, 0.5) is 5.00 Å². The zero-order chi connectivity index (χ0) is 18.0. The molecule has 4 nitrogen and oxygen atoms in total. The second-order valence-electron chi connectivity index (χ2n) is 6.69. The number of fused-ring (bicyclic) bond motifs is 1. The molecule has 1 aliphatic carbocycles. The van der Waals surface area contributed by atoms with Crippen LogP contribution in [0, 0.1) is 5.92 Å². The molecule has 25 heavy (non-hydrogen) atoms. The lowest BCUT2D eigenvalue weighted by molar-refractivity contribution is -0.115. The minimum atomic E-state index is -0.0979. The number of carbonyl (C=O) groups excluding carboxylic acids is 2. The van der Waals surface area contributed by atoms with Gasteiger partial charge in [-0.1, -0.05) is 19.1 Å². The number of ketones is 1. The van der Waals surface area contributed by atoms with Gasteiger partial charge in [-0.2, -0.15) is 0 Å². The summed E-state index contributed by atoms with van der Waals surface area (Å²) in [5.41, 5.74) is 2.78. The summed E-state index contributed by atoms with van der Waals surface area (Å²) < 4.78 is 5.13. The number of rotatable bonds is 5. The Morgan fingerprint density at radius 2 is 2.00 bits per heavy atom. The molecule has 0 fully saturated rings. The highest BCUT2D eigenvalue weighted by molar-refractivity contribution is 7.17. The van der Waals surface area contributed by atoms with Crippen LogP contribution in [0.5, 0.6) is 5.75 Å². The van der Waals surface area contributed by atoms with Gasteiger partial charge in [-0.05, 0) is 55.4 Å². The molecule has 1 amide bonds. The molecule has 1 aliphatic rings. The number of hydrogen-bond donors (Lipinski definition) is 1. The largest absolute Gasteiger partial charge is 0.497 e. The van der Waals surface area contributed by atoms with Gasteiger partial charge >= 0.3 is 0 Å². The molecule has 0 saturated carbocycles. The van der Waals surface area contributed by atoms with E-state index in [1.165, 1.54) is 4.88 Å². The van der Waals surface area contributed by atoms with Crippen molar-refractivity contribution in [3.8, 4) is 5.75 Å². The predicted octanol–water partition coefficient (Wildman–Crippen LogP) is 4.27. The molecule has 0 aliphatic heterocycles. The molecule has 1 N–H and O–H groups in total. The van der Waals surface area contributed by atoms with Gasteiger partial charge < -0.3 is 10.1 Å². The molecular formula is C20H23NO3S. The van der Waals surface area contributed by atoms with Crippen molar-refractivity contribution < 1.29 is 14.3 Å². The maximum absolute atomic E-state index is 12.4. The van der Waals surface area contributed by atoms with E-state index in [0.717, 1.165) is 41.7 Å². The van der Waals surface area contributed by atoms with Crippen molar-refractivity contribution >= 4 is 28.0 Å². The Morgan fingerprint density at radius 1 is 1.28 bits per heavy atom. The van der Waals surface area contributed by atoms with Crippen LogP contribution in [-0.2, 0) is 24.1 Å². The van der Waals surface area contributed by atoms with Crippen LogP contribution >= 0.6 is 11.3 Å². The first-order chi connectivity index (χ1) is 12.0. The Balaban J connectivity index is 1.77. The quantitative estimate of drug-likeness (QED) is 0.813. The number of ether oxygens (including phenoxy) is 1. The number of methoxy groups -OCH3 is 1. The van der Waals surface area contributed by atoms with Crippen molar-refractivity contribution in [2.75, 3.05) is 12.4 Å². The number of nitrogens with one attached hydrogen (secondary N) is 1. The highest BCUT2D eigenvalue weighted by Crippen LogP contribution is 2.39. The molecule has 5 heteroatoms. The van der Waals surface area contributed by atoms with Crippen molar-refractivity contribution in [2.45, 2.75) is 39.5 Å². The Bertz CT molecular complexity index is 792. The lowest BCUT2D eigenvalue weighted by Crippen LogP contribution is -2.16. The lowest BCUT2D eigenvalue weighted by atomic mass is 9.87. The Labute approximate surface area is 152 Å². The van der Waals surface area contributed by atoms with E-state index in [9.17, 15) is 9.59 Å². The summed E-state index contributed by atoms with van der Waals surface area (Å²) >= 11 is 1.57. The van der Waals surface area contributed by atoms with Gasteiger partial charge in [0.1, 0.15) is 10.8 Å². The van der Waals surface area contributed by atoms with Gasteiger partial charge in [0.2, 0.25) is 5.91 Å². The lowest BCUT2D eigenvalue weighted by Gasteiger charge is -2.18. The average Bonchev–Trinajstić information content (AvgIpc) is 2.92. The first-order valence-electron chi connectivity index (χ1n) is 8.56. The third-order valence-electron chi connectivity index (χ3n) is 4.64. The smallest absolute Gasteiger partial charge is 0.229 e. The number of carbonyl (C=O) groups is 2. The van der Waals surface area contributed by atoms with E-state index in [-0.39, 0.29) is 18.1 Å². The normalized spacial score (nSPS) is 16.2. The highest BCUT2D eigenvalue weighted by atomic mass is 32.1. The van der Waals surface area contributed by atoms with E-state index < -0.39 is 0 Å². The Kier molecular flexibility index (Phi) is 5.23. The number of benzene rings is 1. The van der Waals surface area contributed by atoms with Crippen LogP contribution in [-0.4, -0.2) is 18.8 Å². The molecule has 0 spiro atoms. The minimum Gasteiger partial charge on any atom is -0.497 e. The fourth-order valence-corrected chi connectivity index (χ4v) is 4.79. The predicted molar refractivity (Wildman–Crippen MR) is 101 cm³/mol. The third kappa shape index (κ3) is 3.93. The average molecular weight is 357 g/mol. The van der Waals surface area contributed by atoms with E-state index in [2.05, 4.69) is 12.2 Å². The van der Waals surface area contributed by atoms with Crippen LogP contribution in [0.2, 0.25) is 0 Å². The van der Waals surface area contributed by atoms with Crippen LogP contribution in [0.3, 0.4) is 0 Å². The van der Waals surface area contributed by atoms with Crippen molar-refractivity contribution in [1.29, 1.82) is 0 Å².